The Labute approximate surface area is 295 Å². The zero-order valence-corrected chi connectivity index (χ0v) is 28.6. The van der Waals surface area contributed by atoms with E-state index in [9.17, 15) is 28.0 Å². The Balaban J connectivity index is 1.34. The molecular weight excluding hydrogens is 666 g/mol. The highest BCUT2D eigenvalue weighted by atomic mass is 19.1. The molecule has 0 aromatic heterocycles. The van der Waals surface area contributed by atoms with Crippen LogP contribution in [-0.2, 0) is 19.1 Å². The van der Waals surface area contributed by atoms with Gasteiger partial charge in [-0.15, -0.1) is 0 Å². The van der Waals surface area contributed by atoms with Gasteiger partial charge in [0.1, 0.15) is 23.0 Å². The molecule has 0 radical (unpaired) electrons. The summed E-state index contributed by atoms with van der Waals surface area (Å²) in [7, 11) is 0. The quantitative estimate of drug-likeness (QED) is 0.0435. The monoisotopic (exact) mass is 708 g/mol. The highest BCUT2D eigenvalue weighted by Crippen LogP contribution is 2.26. The Morgan fingerprint density at radius 3 is 1.33 bits per heavy atom. The van der Waals surface area contributed by atoms with E-state index in [1.807, 2.05) is 0 Å². The predicted molar refractivity (Wildman–Crippen MR) is 184 cm³/mol. The third-order valence-corrected chi connectivity index (χ3v) is 7.26. The molecule has 0 saturated heterocycles. The molecule has 0 unspecified atom stereocenters. The Bertz CT molecular complexity index is 1630. The van der Waals surface area contributed by atoms with Crippen molar-refractivity contribution in [2.45, 2.75) is 58.3 Å². The average molecular weight is 709 g/mol. The van der Waals surface area contributed by atoms with Crippen LogP contribution in [0.2, 0.25) is 0 Å². The maximum absolute atomic E-state index is 12.7. The maximum Gasteiger partial charge on any atom is 0.366 e. The van der Waals surface area contributed by atoms with Gasteiger partial charge in [-0.2, -0.15) is 8.78 Å². The lowest BCUT2D eigenvalue weighted by atomic mass is 10.2. The Morgan fingerprint density at radius 1 is 0.529 bits per heavy atom. The summed E-state index contributed by atoms with van der Waals surface area (Å²) in [4.78, 5) is 47.4. The number of esters is 4. The van der Waals surface area contributed by atoms with E-state index >= 15 is 0 Å². The van der Waals surface area contributed by atoms with E-state index in [2.05, 4.69) is 13.2 Å². The van der Waals surface area contributed by atoms with Crippen molar-refractivity contribution in [3.05, 3.63) is 108 Å². The molecule has 0 aliphatic rings. The molecule has 272 valence electrons. The number of rotatable bonds is 22. The molecule has 0 aliphatic carbocycles. The molecule has 3 aromatic rings. The van der Waals surface area contributed by atoms with E-state index < -0.39 is 35.5 Å². The second-order valence-corrected chi connectivity index (χ2v) is 11.4. The first kappa shape index (κ1) is 39.9. The van der Waals surface area contributed by atoms with Gasteiger partial charge in [-0.1, -0.05) is 13.2 Å². The fraction of sp³-hybridized carbons (Fsp3) is 0.333. The number of hydrogen-bond acceptors (Lipinski definition) is 10. The van der Waals surface area contributed by atoms with Crippen molar-refractivity contribution in [3.8, 4) is 23.0 Å². The summed E-state index contributed by atoms with van der Waals surface area (Å²) in [5.74, 6) is -3.59. The van der Waals surface area contributed by atoms with E-state index in [0.717, 1.165) is 38.5 Å². The van der Waals surface area contributed by atoms with Gasteiger partial charge >= 0.3 is 23.9 Å². The van der Waals surface area contributed by atoms with Gasteiger partial charge in [0.2, 0.25) is 11.7 Å². The number of hydrogen-bond donors (Lipinski definition) is 0. The molecule has 0 saturated carbocycles. The number of carbonyl (C=O) groups is 4. The highest BCUT2D eigenvalue weighted by Gasteiger charge is 2.14. The van der Waals surface area contributed by atoms with Crippen LogP contribution < -0.4 is 18.9 Å². The van der Waals surface area contributed by atoms with E-state index in [0.29, 0.717) is 60.0 Å². The van der Waals surface area contributed by atoms with Crippen LogP contribution in [0.4, 0.5) is 8.78 Å². The molecule has 3 aromatic carbocycles. The summed E-state index contributed by atoms with van der Waals surface area (Å²) in [6.45, 7) is 8.72. The molecule has 0 N–H and O–H groups in total. The van der Waals surface area contributed by atoms with Gasteiger partial charge < -0.3 is 28.4 Å². The topological polar surface area (TPSA) is 124 Å². The van der Waals surface area contributed by atoms with Crippen molar-refractivity contribution in [3.63, 3.8) is 0 Å². The Hall–Kier alpha value is -5.52. The van der Waals surface area contributed by atoms with Gasteiger partial charge in [0.05, 0.1) is 37.6 Å². The van der Waals surface area contributed by atoms with Crippen LogP contribution in [0.15, 0.2) is 91.5 Å². The first-order chi connectivity index (χ1) is 24.5. The van der Waals surface area contributed by atoms with Crippen molar-refractivity contribution in [1.82, 2.24) is 0 Å². The molecule has 0 atom stereocenters. The molecule has 0 fully saturated rings. The van der Waals surface area contributed by atoms with Crippen molar-refractivity contribution in [2.24, 2.45) is 0 Å². The lowest BCUT2D eigenvalue weighted by Gasteiger charge is -2.11. The average Bonchev–Trinajstić information content (AvgIpc) is 3.11. The van der Waals surface area contributed by atoms with Crippen molar-refractivity contribution >= 4 is 23.9 Å². The van der Waals surface area contributed by atoms with Crippen LogP contribution in [0.3, 0.4) is 0 Å². The maximum atomic E-state index is 12.7. The zero-order valence-electron chi connectivity index (χ0n) is 28.6. The third-order valence-electron chi connectivity index (χ3n) is 7.26. The Kier molecular flexibility index (Phi) is 16.9. The van der Waals surface area contributed by atoms with E-state index in [1.165, 1.54) is 6.07 Å². The first-order valence-corrected chi connectivity index (χ1v) is 16.6. The van der Waals surface area contributed by atoms with Gasteiger partial charge in [-0.3, -0.25) is 0 Å². The molecule has 0 heterocycles. The summed E-state index contributed by atoms with van der Waals surface area (Å²) in [6, 6.07) is 17.8. The number of ether oxygens (including phenoxy) is 6. The molecule has 51 heavy (non-hydrogen) atoms. The highest BCUT2D eigenvalue weighted by molar-refractivity contribution is 5.92. The van der Waals surface area contributed by atoms with Crippen LogP contribution in [0.5, 0.6) is 23.0 Å². The predicted octanol–water partition coefficient (Wildman–Crippen LogP) is 8.36. The first-order valence-electron chi connectivity index (χ1n) is 16.6. The smallest absolute Gasteiger partial charge is 0.366 e. The second kappa shape index (κ2) is 21.5. The van der Waals surface area contributed by atoms with Crippen LogP contribution in [-0.4, -0.2) is 50.3 Å². The van der Waals surface area contributed by atoms with Gasteiger partial charge in [0, 0.05) is 0 Å². The number of benzene rings is 3. The minimum atomic E-state index is -1.10. The van der Waals surface area contributed by atoms with Crippen molar-refractivity contribution in [2.75, 3.05) is 26.4 Å². The van der Waals surface area contributed by atoms with Gasteiger partial charge in [0.25, 0.3) is 0 Å². The number of halogens is 2. The molecule has 0 spiro atoms. The summed E-state index contributed by atoms with van der Waals surface area (Å²) in [6.07, 6.45) is 6.06. The molecular formula is C39H42F2O10. The fourth-order valence-corrected chi connectivity index (χ4v) is 4.48. The lowest BCUT2D eigenvalue weighted by Crippen LogP contribution is -2.10. The van der Waals surface area contributed by atoms with Gasteiger partial charge in [0.15, 0.2) is 0 Å². The number of unbranched alkanes of at least 4 members (excludes halogenated alkanes) is 6. The summed E-state index contributed by atoms with van der Waals surface area (Å²) >= 11 is 0. The minimum absolute atomic E-state index is 0.141. The molecule has 3 rings (SSSR count). The zero-order chi connectivity index (χ0) is 37.0. The Morgan fingerprint density at radius 2 is 0.922 bits per heavy atom. The lowest BCUT2D eigenvalue weighted by molar-refractivity contribution is -0.141. The van der Waals surface area contributed by atoms with Crippen LogP contribution >= 0.6 is 0 Å². The van der Waals surface area contributed by atoms with Gasteiger partial charge in [-0.25, -0.2) is 19.2 Å². The largest absolute Gasteiger partial charge is 0.494 e. The van der Waals surface area contributed by atoms with Crippen molar-refractivity contribution < 1.29 is 56.4 Å². The number of aryl methyl sites for hydroxylation is 1. The standard InChI is InChI=1S/C39H42F2O10/c1-27-26-34(50-38(44)30-12-16-32(17-13-30)46-22-8-4-6-10-24-48-36(42)28(2)40)20-21-35(27)51-39(45)31-14-18-33(19-15-31)47-23-9-5-7-11-25-49-37(43)29(3)41/h12-21,26H,2-11,22-25H2,1H3. The van der Waals surface area contributed by atoms with Crippen LogP contribution in [0, 0.1) is 6.92 Å². The molecule has 0 amide bonds. The minimum Gasteiger partial charge on any atom is -0.494 e. The van der Waals surface area contributed by atoms with E-state index in [4.69, 9.17) is 28.4 Å². The summed E-state index contributed by atoms with van der Waals surface area (Å²) in [5.41, 5.74) is 1.25. The normalized spacial score (nSPS) is 10.5. The fourth-order valence-electron chi connectivity index (χ4n) is 4.48. The summed E-state index contributed by atoms with van der Waals surface area (Å²) in [5, 5.41) is 0. The van der Waals surface area contributed by atoms with E-state index in [1.54, 1.807) is 67.6 Å². The SMILES string of the molecule is C=C(F)C(=O)OCCCCCCOc1ccc(C(=O)Oc2ccc(OC(=O)c3ccc(OCCCCCCOC(=O)C(=C)F)cc3)c(C)c2)cc1. The van der Waals surface area contributed by atoms with Crippen LogP contribution in [0.1, 0.15) is 77.6 Å². The second-order valence-electron chi connectivity index (χ2n) is 11.4. The van der Waals surface area contributed by atoms with Crippen molar-refractivity contribution in [1.29, 1.82) is 0 Å². The molecule has 12 heteroatoms. The summed E-state index contributed by atoms with van der Waals surface area (Å²) < 4.78 is 57.0. The van der Waals surface area contributed by atoms with Crippen LogP contribution in [0.25, 0.3) is 0 Å². The molecule has 0 bridgehead atoms. The van der Waals surface area contributed by atoms with Gasteiger partial charge in [-0.05, 0) is 131 Å². The molecule has 0 aliphatic heterocycles. The van der Waals surface area contributed by atoms with E-state index in [-0.39, 0.29) is 19.0 Å². The third kappa shape index (κ3) is 14.9. The molecule has 10 nitrogen and oxygen atoms in total. The number of carbonyl (C=O) groups excluding carboxylic acids is 4.